The molecular formula is C114H119N7O23. The number of benzene rings is 14. The number of carbonyl (C=O) groups excluding carboxylic acids is 7. The average molecular weight is 1960 g/mol. The maximum atomic E-state index is 12.0. The number of phenolic OH excluding ortho intramolecular Hbond substituents is 12. The van der Waals surface area contributed by atoms with Crippen LogP contribution in [0.15, 0.2) is 297 Å². The van der Waals surface area contributed by atoms with Crippen LogP contribution in [0.3, 0.4) is 0 Å². The molecule has 0 aliphatic heterocycles. The molecule has 14 aromatic carbocycles. The maximum absolute atomic E-state index is 12.0. The molecule has 14 aromatic rings. The van der Waals surface area contributed by atoms with Gasteiger partial charge < -0.3 is 109 Å². The molecule has 30 nitrogen and oxygen atoms in total. The second kappa shape index (κ2) is 56.7. The second-order valence-electron chi connectivity index (χ2n) is 33.6. The Morgan fingerprint density at radius 1 is 0.194 bits per heavy atom. The molecule has 0 bridgehead atoms. The van der Waals surface area contributed by atoms with E-state index >= 15 is 0 Å². The van der Waals surface area contributed by atoms with Crippen molar-refractivity contribution >= 4 is 93.1 Å². The first kappa shape index (κ1) is 111. The van der Waals surface area contributed by atoms with Crippen LogP contribution < -0.4 is 37.2 Å². The summed E-state index contributed by atoms with van der Waals surface area (Å²) in [4.78, 5) is 106. The van der Waals surface area contributed by atoms with Crippen LogP contribution >= 0.6 is 0 Å². The number of anilines is 7. The van der Waals surface area contributed by atoms with Crippen molar-refractivity contribution in [3.05, 3.63) is 386 Å². The number of phenols is 12. The van der Waals surface area contributed by atoms with E-state index in [2.05, 4.69) is 37.2 Å². The molecular weight excluding hydrogens is 1840 g/mol. The Morgan fingerprint density at radius 3 is 0.708 bits per heavy atom. The summed E-state index contributed by atoms with van der Waals surface area (Å²) in [6.07, 6.45) is 5.03. The maximum Gasteiger partial charge on any atom is 0.337 e. The van der Waals surface area contributed by atoms with Crippen LogP contribution in [0.2, 0.25) is 0 Å². The minimum absolute atomic E-state index is 0.00805. The first-order valence-corrected chi connectivity index (χ1v) is 45.9. The van der Waals surface area contributed by atoms with Gasteiger partial charge in [0.1, 0.15) is 69.0 Å². The highest BCUT2D eigenvalue weighted by atomic mass is 16.4. The zero-order valence-electron chi connectivity index (χ0n) is 80.6. The predicted molar refractivity (Wildman–Crippen MR) is 556 cm³/mol. The number of nitrogens with one attached hydrogen (secondary N) is 7. The standard InChI is InChI=1S/C17H17NO5.C17H17NO4.C16H17NO4.2C16H17NO3.2C16H17NO2/c1-10-2-6-14(13(8-10)17(22)23)18-16(21)7-4-11-3-5-12(19)9-15(11)20;1-11-5-7-15(14(9-11)17(21)22)18-16(20)8-6-12-3-2-4-13(19)10-12;1-10-2-5-12(18)8-14(10)17-16(21)7-4-11-3-6-13(19)9-15(11)20;1-11-5-7-14(19)10-15(11)17-16(20)8-6-12-3-2-4-13(18)9-12;1-11-4-2-3-5-14(11)17-16(20)9-7-12-6-8-13(18)10-15(12)19;1-12-6-2-4-8-14(12)17-16(19)11-10-13-7-3-5-9-15(13)18;1-12-5-2-3-8-15(12)17-16(19)10-9-13-6-4-7-14(18)11-13/h2-3,5-6,8-9,19-20H,4,7H2,1H3,(H,18,21)(H,22,23);2-5,7,9-10,19H,6,8H2,1H3,(H,18,20)(H,21,22);2-3,5-6,8-9,18-20H,4,7H2,1H3,(H,17,21);2-5,7,9-10,18-19H,6,8H2,1H3,(H,17,20);2-6,8,10,18-19H,7,9H2,1H3,(H,17,20);2-9,18H,10-11H2,1H3,(H,17,19);2-8,11,18H,9-10H2,1H3,(H,17,19). The van der Waals surface area contributed by atoms with Crippen molar-refractivity contribution in [1.82, 2.24) is 0 Å². The van der Waals surface area contributed by atoms with Gasteiger partial charge >= 0.3 is 11.9 Å². The molecule has 30 heteroatoms. The minimum atomic E-state index is -1.11. The SMILES string of the molecule is Cc1ccc(NC(=O)CCc2ccc(O)cc2O)c(C(=O)O)c1.Cc1ccc(NC(=O)CCc2cccc(O)c2)c(C(=O)O)c1.Cc1ccc(O)cc1NC(=O)CCc1ccc(O)cc1O.Cc1ccc(O)cc1NC(=O)CCc1cccc(O)c1.Cc1ccccc1NC(=O)CCc1ccc(O)cc1O.Cc1ccccc1NC(=O)CCc1cccc(O)c1.Cc1ccccc1NC(=O)CCc1ccccc1O. The summed E-state index contributed by atoms with van der Waals surface area (Å²) < 4.78 is 0. The number of aromatic carboxylic acids is 2. The van der Waals surface area contributed by atoms with Crippen molar-refractivity contribution < 1.29 is 115 Å². The van der Waals surface area contributed by atoms with Crippen LogP contribution in [0.4, 0.5) is 39.8 Å². The van der Waals surface area contributed by atoms with E-state index in [9.17, 15) is 104 Å². The minimum Gasteiger partial charge on any atom is -0.508 e. The number of rotatable bonds is 30. The monoisotopic (exact) mass is 1950 g/mol. The summed E-state index contributed by atoms with van der Waals surface area (Å²) in [6.45, 7) is 13.1. The van der Waals surface area contributed by atoms with Gasteiger partial charge in [0, 0.05) is 104 Å². The fraction of sp³-hybridized carbons (Fsp3) is 0.184. The average Bonchev–Trinajstić information content (AvgIpc) is 0.846. The van der Waals surface area contributed by atoms with E-state index in [0.717, 1.165) is 78.3 Å². The Labute approximate surface area is 834 Å². The fourth-order valence-corrected chi connectivity index (χ4v) is 13.9. The van der Waals surface area contributed by atoms with Gasteiger partial charge in [0.2, 0.25) is 41.4 Å². The summed E-state index contributed by atoms with van der Waals surface area (Å²) in [5.74, 6) is -2.44. The highest BCUT2D eigenvalue weighted by Gasteiger charge is 2.19. The molecule has 0 aromatic heterocycles. The Morgan fingerprint density at radius 2 is 0.431 bits per heavy atom. The lowest BCUT2D eigenvalue weighted by atomic mass is 10.1. The van der Waals surface area contributed by atoms with Gasteiger partial charge in [0.05, 0.1) is 22.5 Å². The molecule has 0 saturated heterocycles. The van der Waals surface area contributed by atoms with Crippen LogP contribution in [-0.4, -0.2) is 125 Å². The van der Waals surface area contributed by atoms with Crippen LogP contribution in [-0.2, 0) is 78.5 Å². The van der Waals surface area contributed by atoms with Gasteiger partial charge in [0.25, 0.3) is 0 Å². The first-order chi connectivity index (χ1) is 68.7. The van der Waals surface area contributed by atoms with Crippen LogP contribution in [0.5, 0.6) is 69.0 Å². The van der Waals surface area contributed by atoms with Crippen LogP contribution in [0, 0.1) is 48.5 Å². The number of hydrogen-bond donors (Lipinski definition) is 21. The third-order valence-electron chi connectivity index (χ3n) is 21.9. The fourth-order valence-electron chi connectivity index (χ4n) is 13.9. The van der Waals surface area contributed by atoms with Crippen LogP contribution in [0.1, 0.15) is 144 Å². The molecule has 0 heterocycles. The predicted octanol–water partition coefficient (Wildman–Crippen LogP) is 20.8. The van der Waals surface area contributed by atoms with Crippen molar-refractivity contribution in [3.63, 3.8) is 0 Å². The molecule has 0 fully saturated rings. The van der Waals surface area contributed by atoms with Gasteiger partial charge in [-0.1, -0.05) is 163 Å². The zero-order chi connectivity index (χ0) is 105. The second-order valence-corrected chi connectivity index (χ2v) is 33.6. The normalized spacial score (nSPS) is 10.2. The first-order valence-electron chi connectivity index (χ1n) is 45.9. The number of para-hydroxylation sites is 4. The summed E-state index contributed by atoms with van der Waals surface area (Å²) >= 11 is 0. The third-order valence-corrected chi connectivity index (χ3v) is 21.9. The molecule has 0 unspecified atom stereocenters. The molecule has 0 aliphatic rings. The van der Waals surface area contributed by atoms with E-state index in [-0.39, 0.29) is 159 Å². The van der Waals surface area contributed by atoms with Crippen molar-refractivity contribution in [2.24, 2.45) is 0 Å². The third kappa shape index (κ3) is 39.4. The van der Waals surface area contributed by atoms with E-state index in [1.165, 1.54) is 66.7 Å². The molecule has 144 heavy (non-hydrogen) atoms. The number of carbonyl (C=O) groups is 9. The van der Waals surface area contributed by atoms with Gasteiger partial charge in [-0.15, -0.1) is 0 Å². The van der Waals surface area contributed by atoms with E-state index in [1.54, 1.807) is 141 Å². The molecule has 21 N–H and O–H groups in total. The van der Waals surface area contributed by atoms with Crippen molar-refractivity contribution in [3.8, 4) is 69.0 Å². The summed E-state index contributed by atoms with van der Waals surface area (Å²) in [7, 11) is 0. The lowest BCUT2D eigenvalue weighted by molar-refractivity contribution is -0.117. The van der Waals surface area contributed by atoms with Crippen molar-refractivity contribution in [1.29, 1.82) is 0 Å². The number of carboxylic acids is 2. The van der Waals surface area contributed by atoms with Gasteiger partial charge in [-0.25, -0.2) is 9.59 Å². The molecule has 0 spiro atoms. The quantitative estimate of drug-likeness (QED) is 0.0199. The Bertz CT molecular complexity index is 6780. The Kier molecular flexibility index (Phi) is 43.8. The summed E-state index contributed by atoms with van der Waals surface area (Å²) in [5.41, 5.74) is 16.0. The number of hydrogen-bond acceptors (Lipinski definition) is 21. The van der Waals surface area contributed by atoms with E-state index in [0.29, 0.717) is 91.5 Å². The summed E-state index contributed by atoms with van der Waals surface area (Å²) in [6, 6.07) is 82.7. The van der Waals surface area contributed by atoms with Gasteiger partial charge in [-0.3, -0.25) is 33.6 Å². The largest absolute Gasteiger partial charge is 0.508 e. The number of aryl methyl sites for hydroxylation is 14. The van der Waals surface area contributed by atoms with Gasteiger partial charge in [-0.2, -0.15) is 0 Å². The van der Waals surface area contributed by atoms with E-state index < -0.39 is 11.9 Å². The van der Waals surface area contributed by atoms with E-state index in [4.69, 9.17) is 10.2 Å². The van der Waals surface area contributed by atoms with E-state index in [1.807, 2.05) is 138 Å². The molecule has 0 atom stereocenters. The lowest BCUT2D eigenvalue weighted by Gasteiger charge is -2.10. The van der Waals surface area contributed by atoms with Gasteiger partial charge in [-0.05, 0) is 275 Å². The highest BCUT2D eigenvalue weighted by Crippen LogP contribution is 2.31. The number of aromatic hydroxyl groups is 12. The topological polar surface area (TPSA) is 521 Å². The van der Waals surface area contributed by atoms with Gasteiger partial charge in [0.15, 0.2) is 0 Å². The van der Waals surface area contributed by atoms with Crippen molar-refractivity contribution in [2.75, 3.05) is 37.2 Å². The number of carboxylic acid groups (broad SMARTS) is 2. The lowest BCUT2D eigenvalue weighted by Crippen LogP contribution is -2.15. The molecule has 7 amide bonds. The highest BCUT2D eigenvalue weighted by molar-refractivity contribution is 6.02. The van der Waals surface area contributed by atoms with Crippen molar-refractivity contribution in [2.45, 2.75) is 138 Å². The molecule has 748 valence electrons. The van der Waals surface area contributed by atoms with Crippen LogP contribution in [0.25, 0.3) is 0 Å². The molecule has 0 aliphatic carbocycles. The molecule has 0 saturated carbocycles. The molecule has 14 rings (SSSR count). The number of amides is 7. The Balaban J connectivity index is 0.000000205. The summed E-state index contributed by atoms with van der Waals surface area (Å²) in [5, 5.41) is 151. The smallest absolute Gasteiger partial charge is 0.337 e. The zero-order valence-corrected chi connectivity index (χ0v) is 80.6. The molecule has 0 radical (unpaired) electrons. The Hall–Kier alpha value is -18.1.